The van der Waals surface area contributed by atoms with E-state index in [-0.39, 0.29) is 35.5 Å². The number of likely N-dealkylation sites (tertiary alicyclic amines) is 1. The quantitative estimate of drug-likeness (QED) is 0.298. The molecule has 0 saturated carbocycles. The van der Waals surface area contributed by atoms with Crippen molar-refractivity contribution in [1.82, 2.24) is 15.5 Å². The van der Waals surface area contributed by atoms with E-state index in [1.807, 2.05) is 0 Å². The lowest BCUT2D eigenvalue weighted by Crippen LogP contribution is -2.41. The maximum absolute atomic E-state index is 5.63. The highest BCUT2D eigenvalue weighted by atomic mass is 127. The number of nitrogens with one attached hydrogen (secondary N) is 2. The minimum absolute atomic E-state index is 0. The second kappa shape index (κ2) is 13.4. The van der Waals surface area contributed by atoms with Gasteiger partial charge in [-0.1, -0.05) is 51.1 Å². The summed E-state index contributed by atoms with van der Waals surface area (Å²) in [7, 11) is 1.77. The zero-order valence-corrected chi connectivity index (χ0v) is 21.2. The Morgan fingerprint density at radius 2 is 1.97 bits per heavy atom. The summed E-state index contributed by atoms with van der Waals surface area (Å²) in [4.78, 5) is 7.35. The normalized spacial score (nSPS) is 18.9. The van der Waals surface area contributed by atoms with Gasteiger partial charge in [0.1, 0.15) is 0 Å². The second-order valence-electron chi connectivity index (χ2n) is 8.88. The highest BCUT2D eigenvalue weighted by molar-refractivity contribution is 14.0. The summed E-state index contributed by atoms with van der Waals surface area (Å²) in [6.07, 6.45) is 2.50. The van der Waals surface area contributed by atoms with Crippen LogP contribution in [-0.2, 0) is 11.2 Å². The first-order valence-corrected chi connectivity index (χ1v) is 10.7. The number of methoxy groups -OCH3 is 1. The number of ether oxygens (including phenoxy) is 1. The molecule has 1 fully saturated rings. The minimum atomic E-state index is 0. The molecule has 1 saturated heterocycles. The van der Waals surface area contributed by atoms with Crippen molar-refractivity contribution < 1.29 is 4.74 Å². The van der Waals surface area contributed by atoms with Crippen molar-refractivity contribution in [2.24, 2.45) is 16.3 Å². The molecule has 0 radical (unpaired) electrons. The van der Waals surface area contributed by atoms with Crippen LogP contribution in [0.4, 0.5) is 0 Å². The smallest absolute Gasteiger partial charge is 0.191 e. The van der Waals surface area contributed by atoms with Crippen molar-refractivity contribution in [2.75, 3.05) is 46.4 Å². The van der Waals surface area contributed by atoms with Crippen LogP contribution in [0.25, 0.3) is 0 Å². The summed E-state index contributed by atoms with van der Waals surface area (Å²) < 4.78 is 5.63. The maximum Gasteiger partial charge on any atom is 0.191 e. The summed E-state index contributed by atoms with van der Waals surface area (Å²) in [6.45, 7) is 14.7. The standard InChI is InChI=1S/C23H40N4O.HI/c1-6-24-22(26-17-21(28-5)23(2,3)4)25-16-20-13-15-27(18-20)14-12-19-10-8-7-9-11-19;/h7-11,20-21H,6,12-18H2,1-5H3,(H2,24,25,26);1H. The predicted octanol–water partition coefficient (Wildman–Crippen LogP) is 3.79. The van der Waals surface area contributed by atoms with Gasteiger partial charge >= 0.3 is 0 Å². The molecule has 1 aliphatic rings. The fourth-order valence-corrected chi connectivity index (χ4v) is 3.67. The molecule has 2 unspecified atom stereocenters. The average molecular weight is 517 g/mol. The van der Waals surface area contributed by atoms with Crippen LogP contribution in [-0.4, -0.2) is 63.3 Å². The maximum atomic E-state index is 5.63. The van der Waals surface area contributed by atoms with E-state index >= 15 is 0 Å². The van der Waals surface area contributed by atoms with Gasteiger partial charge in [-0.05, 0) is 43.2 Å². The Labute approximate surface area is 195 Å². The first kappa shape index (κ1) is 26.2. The van der Waals surface area contributed by atoms with Crippen molar-refractivity contribution in [3.8, 4) is 0 Å². The van der Waals surface area contributed by atoms with E-state index in [1.165, 1.54) is 25.1 Å². The van der Waals surface area contributed by atoms with E-state index < -0.39 is 0 Å². The monoisotopic (exact) mass is 516 g/mol. The number of guanidine groups is 1. The van der Waals surface area contributed by atoms with Crippen molar-refractivity contribution in [1.29, 1.82) is 0 Å². The molecule has 1 aromatic rings. The molecule has 1 heterocycles. The van der Waals surface area contributed by atoms with Crippen LogP contribution in [0.5, 0.6) is 0 Å². The number of nitrogens with zero attached hydrogens (tertiary/aromatic N) is 2. The number of aliphatic imine (C=N–C) groups is 1. The van der Waals surface area contributed by atoms with Crippen molar-refractivity contribution in [3.63, 3.8) is 0 Å². The minimum Gasteiger partial charge on any atom is -0.379 e. The van der Waals surface area contributed by atoms with Gasteiger partial charge in [-0.15, -0.1) is 24.0 Å². The average Bonchev–Trinajstić information content (AvgIpc) is 3.12. The fourth-order valence-electron chi connectivity index (χ4n) is 3.67. The van der Waals surface area contributed by atoms with Gasteiger partial charge in [-0.3, -0.25) is 4.99 Å². The molecule has 29 heavy (non-hydrogen) atoms. The molecule has 166 valence electrons. The van der Waals surface area contributed by atoms with Crippen LogP contribution < -0.4 is 10.6 Å². The third kappa shape index (κ3) is 9.66. The summed E-state index contributed by atoms with van der Waals surface area (Å²) in [5, 5.41) is 6.91. The number of benzene rings is 1. The van der Waals surface area contributed by atoms with Gasteiger partial charge < -0.3 is 20.3 Å². The van der Waals surface area contributed by atoms with Crippen LogP contribution >= 0.6 is 24.0 Å². The second-order valence-corrected chi connectivity index (χ2v) is 8.88. The lowest BCUT2D eigenvalue weighted by Gasteiger charge is -2.28. The molecule has 0 bridgehead atoms. The number of hydrogen-bond acceptors (Lipinski definition) is 3. The molecule has 2 atom stereocenters. The van der Waals surface area contributed by atoms with Crippen molar-refractivity contribution >= 4 is 29.9 Å². The fraction of sp³-hybridized carbons (Fsp3) is 0.696. The first-order valence-electron chi connectivity index (χ1n) is 10.7. The molecular weight excluding hydrogens is 475 g/mol. The predicted molar refractivity (Wildman–Crippen MR) is 134 cm³/mol. The first-order chi connectivity index (χ1) is 13.4. The Morgan fingerprint density at radius 3 is 2.59 bits per heavy atom. The Bertz CT molecular complexity index is 588. The lowest BCUT2D eigenvalue weighted by molar-refractivity contribution is 0.0241. The molecular formula is C23H41IN4O. The van der Waals surface area contributed by atoms with E-state index in [0.717, 1.165) is 32.0 Å². The highest BCUT2D eigenvalue weighted by Gasteiger charge is 2.25. The van der Waals surface area contributed by atoms with Crippen LogP contribution in [0.3, 0.4) is 0 Å². The Kier molecular flexibility index (Phi) is 12.1. The molecule has 5 nitrogen and oxygen atoms in total. The molecule has 1 aromatic carbocycles. The van der Waals surface area contributed by atoms with E-state index in [9.17, 15) is 0 Å². The lowest BCUT2D eigenvalue weighted by atomic mass is 9.89. The SMILES string of the molecule is CCNC(=NCC(OC)C(C)(C)C)NCC1CCN(CCc2ccccc2)C1.I. The molecule has 6 heteroatoms. The molecule has 0 aliphatic carbocycles. The van der Waals surface area contributed by atoms with E-state index in [2.05, 4.69) is 73.6 Å². The van der Waals surface area contributed by atoms with Crippen molar-refractivity contribution in [3.05, 3.63) is 35.9 Å². The summed E-state index contributed by atoms with van der Waals surface area (Å²) in [5.41, 5.74) is 1.51. The Hall–Kier alpha value is -0.860. The molecule has 1 aliphatic heterocycles. The molecule has 0 spiro atoms. The third-order valence-electron chi connectivity index (χ3n) is 5.50. The van der Waals surface area contributed by atoms with E-state index in [1.54, 1.807) is 7.11 Å². The van der Waals surface area contributed by atoms with Crippen LogP contribution in [0.2, 0.25) is 0 Å². The topological polar surface area (TPSA) is 48.9 Å². The van der Waals surface area contributed by atoms with Crippen LogP contribution in [0.1, 0.15) is 39.7 Å². The van der Waals surface area contributed by atoms with Crippen LogP contribution in [0, 0.1) is 11.3 Å². The van der Waals surface area contributed by atoms with E-state index in [0.29, 0.717) is 12.5 Å². The number of hydrogen-bond donors (Lipinski definition) is 2. The molecule has 0 amide bonds. The summed E-state index contributed by atoms with van der Waals surface area (Å²) in [5.74, 6) is 1.58. The largest absolute Gasteiger partial charge is 0.379 e. The van der Waals surface area contributed by atoms with Gasteiger partial charge in [0, 0.05) is 33.3 Å². The van der Waals surface area contributed by atoms with Gasteiger partial charge in [-0.25, -0.2) is 0 Å². The molecule has 2 N–H and O–H groups in total. The summed E-state index contributed by atoms with van der Waals surface area (Å²) in [6, 6.07) is 10.8. The van der Waals surface area contributed by atoms with Crippen LogP contribution in [0.15, 0.2) is 35.3 Å². The van der Waals surface area contributed by atoms with Gasteiger partial charge in [0.2, 0.25) is 0 Å². The van der Waals surface area contributed by atoms with Gasteiger partial charge in [0.25, 0.3) is 0 Å². The number of rotatable bonds is 9. The highest BCUT2D eigenvalue weighted by Crippen LogP contribution is 2.22. The zero-order valence-electron chi connectivity index (χ0n) is 18.9. The Balaban J connectivity index is 0.00000420. The third-order valence-corrected chi connectivity index (χ3v) is 5.50. The Morgan fingerprint density at radius 1 is 1.24 bits per heavy atom. The molecule has 0 aromatic heterocycles. The van der Waals surface area contributed by atoms with Crippen molar-refractivity contribution in [2.45, 2.75) is 46.6 Å². The zero-order chi connectivity index (χ0) is 20.4. The molecule has 2 rings (SSSR count). The van der Waals surface area contributed by atoms with Gasteiger partial charge in [0.05, 0.1) is 12.6 Å². The van der Waals surface area contributed by atoms with Gasteiger partial charge in [-0.2, -0.15) is 0 Å². The van der Waals surface area contributed by atoms with Gasteiger partial charge in [0.15, 0.2) is 5.96 Å². The number of halogens is 1. The summed E-state index contributed by atoms with van der Waals surface area (Å²) >= 11 is 0. The van der Waals surface area contributed by atoms with E-state index in [4.69, 9.17) is 9.73 Å².